The molecule has 48 heavy (non-hydrogen) atoms. The Labute approximate surface area is 297 Å². The molecule has 0 saturated heterocycles. The summed E-state index contributed by atoms with van der Waals surface area (Å²) in [4.78, 5) is 34.4. The van der Waals surface area contributed by atoms with Crippen molar-refractivity contribution >= 4 is 57.9 Å². The number of rotatable bonds is 15. The molecule has 254 valence electrons. The predicted octanol–water partition coefficient (Wildman–Crippen LogP) is 11.1. The first-order valence-electron chi connectivity index (χ1n) is 18.4. The van der Waals surface area contributed by atoms with Crippen LogP contribution in [0.15, 0.2) is 82.6 Å². The Balaban J connectivity index is 1.11. The zero-order valence-corrected chi connectivity index (χ0v) is 30.9. The van der Waals surface area contributed by atoms with E-state index in [0.717, 1.165) is 72.4 Å². The highest BCUT2D eigenvalue weighted by Gasteiger charge is 2.36. The van der Waals surface area contributed by atoms with E-state index in [1.54, 1.807) is 0 Å². The van der Waals surface area contributed by atoms with Crippen molar-refractivity contribution in [3.05, 3.63) is 93.8 Å². The van der Waals surface area contributed by atoms with Crippen LogP contribution in [0.5, 0.6) is 0 Å². The fourth-order valence-electron chi connectivity index (χ4n) is 7.52. The average Bonchev–Trinajstić information content (AvgIpc) is 3.89. The summed E-state index contributed by atoms with van der Waals surface area (Å²) in [5.41, 5.74) is 5.97. The van der Waals surface area contributed by atoms with E-state index in [1.807, 2.05) is 39.4 Å². The molecule has 4 unspecified atom stereocenters. The molecule has 4 heterocycles. The molecule has 4 nitrogen and oxygen atoms in total. The van der Waals surface area contributed by atoms with Gasteiger partial charge in [-0.15, -0.1) is 23.5 Å². The van der Waals surface area contributed by atoms with Crippen LogP contribution in [0, 0.1) is 11.8 Å². The molecule has 4 atom stereocenters. The van der Waals surface area contributed by atoms with Gasteiger partial charge in [-0.05, 0) is 60.6 Å². The normalized spacial score (nSPS) is 23.2. The molecule has 2 amide bonds. The standard InChI is InChI=1S/C42H52N2O2S2/c1-5-9-15-29(7-3)27-43-37-19-13-11-17-33(37)35(41(43)45)25-31-21-23-39(47-31)40-24-22-32(48-40)26-36-34-18-12-14-20-38(34)44(42(36)46)28-30(8-4)16-10-6-2/h11-14,17-21,24-26,29-30,32,39H,5-10,15-16,22-23,27-28H2,1-4H3/b35-25-,36-26-. The van der Waals surface area contributed by atoms with Gasteiger partial charge in [-0.3, -0.25) is 9.59 Å². The van der Waals surface area contributed by atoms with Gasteiger partial charge < -0.3 is 9.80 Å². The third kappa shape index (κ3) is 7.45. The van der Waals surface area contributed by atoms with E-state index in [4.69, 9.17) is 0 Å². The monoisotopic (exact) mass is 680 g/mol. The number of carbonyl (C=O) groups excluding carboxylic acids is 2. The van der Waals surface area contributed by atoms with Crippen molar-refractivity contribution in [2.45, 2.75) is 102 Å². The van der Waals surface area contributed by atoms with E-state index in [0.29, 0.717) is 17.1 Å². The molecule has 0 spiro atoms. The van der Waals surface area contributed by atoms with Gasteiger partial charge in [0.2, 0.25) is 0 Å². The fraction of sp³-hybridized carbons (Fsp3) is 0.476. The van der Waals surface area contributed by atoms with Crippen LogP contribution < -0.4 is 9.80 Å². The lowest BCUT2D eigenvalue weighted by Gasteiger charge is -2.23. The summed E-state index contributed by atoms with van der Waals surface area (Å²) in [5.74, 6) is 1.36. The first-order valence-corrected chi connectivity index (χ1v) is 20.2. The number of fused-ring (bicyclic) bond motifs is 2. The molecule has 0 aliphatic carbocycles. The van der Waals surface area contributed by atoms with Crippen LogP contribution in [0.1, 0.15) is 103 Å². The zero-order chi connectivity index (χ0) is 33.6. The Kier molecular flexibility index (Phi) is 11.7. The molecule has 4 aliphatic heterocycles. The highest BCUT2D eigenvalue weighted by Crippen LogP contribution is 2.49. The molecule has 0 fully saturated rings. The van der Waals surface area contributed by atoms with Gasteiger partial charge in [0.05, 0.1) is 16.9 Å². The molecule has 6 heteroatoms. The largest absolute Gasteiger partial charge is 0.307 e. The number of nitrogens with zero attached hydrogens (tertiary/aromatic N) is 2. The van der Waals surface area contributed by atoms with Gasteiger partial charge in [0.25, 0.3) is 11.8 Å². The predicted molar refractivity (Wildman–Crippen MR) is 208 cm³/mol. The van der Waals surface area contributed by atoms with Gasteiger partial charge >= 0.3 is 0 Å². The third-order valence-corrected chi connectivity index (χ3v) is 13.3. The lowest BCUT2D eigenvalue weighted by molar-refractivity contribution is -0.113. The van der Waals surface area contributed by atoms with Gasteiger partial charge in [-0.25, -0.2) is 0 Å². The van der Waals surface area contributed by atoms with Crippen LogP contribution >= 0.6 is 23.5 Å². The Hall–Kier alpha value is -2.96. The molecule has 6 rings (SSSR count). The van der Waals surface area contributed by atoms with Crippen molar-refractivity contribution in [3.8, 4) is 0 Å². The summed E-state index contributed by atoms with van der Waals surface area (Å²) in [6.45, 7) is 10.6. The van der Waals surface area contributed by atoms with Gasteiger partial charge in [0.15, 0.2) is 0 Å². The Morgan fingerprint density at radius 2 is 1.29 bits per heavy atom. The van der Waals surface area contributed by atoms with Gasteiger partial charge in [0, 0.05) is 45.2 Å². The van der Waals surface area contributed by atoms with Crippen molar-refractivity contribution in [2.75, 3.05) is 22.9 Å². The quantitative estimate of drug-likeness (QED) is 0.176. The summed E-state index contributed by atoms with van der Waals surface area (Å²) >= 11 is 3.80. The van der Waals surface area contributed by atoms with Crippen molar-refractivity contribution in [1.82, 2.24) is 0 Å². The van der Waals surface area contributed by atoms with Crippen LogP contribution in [0.4, 0.5) is 11.4 Å². The van der Waals surface area contributed by atoms with Crippen molar-refractivity contribution < 1.29 is 9.59 Å². The second kappa shape index (κ2) is 16.2. The SMILES string of the molecule is CCCCC(CC)CN1C(=O)/C(=C\C2=CCC(C3=CCC(/C=C4\C(=O)N(CC(CC)CCCC)c5ccccc54)S3)S2)c2ccccc21. The lowest BCUT2D eigenvalue weighted by atomic mass is 9.98. The molecule has 2 aromatic carbocycles. The summed E-state index contributed by atoms with van der Waals surface area (Å²) < 4.78 is 0. The number of hydrogen-bond acceptors (Lipinski definition) is 4. The number of thioether (sulfide) groups is 2. The summed E-state index contributed by atoms with van der Waals surface area (Å²) in [5, 5.41) is 0.617. The number of unbranched alkanes of at least 4 members (excludes halogenated alkanes) is 2. The van der Waals surface area contributed by atoms with Gasteiger partial charge in [-0.2, -0.15) is 0 Å². The van der Waals surface area contributed by atoms with Crippen molar-refractivity contribution in [1.29, 1.82) is 0 Å². The summed E-state index contributed by atoms with van der Waals surface area (Å²) in [7, 11) is 0. The first kappa shape index (κ1) is 34.9. The second-order valence-corrected chi connectivity index (χ2v) is 16.4. The van der Waals surface area contributed by atoms with Gasteiger partial charge in [-0.1, -0.05) is 121 Å². The number of hydrogen-bond donors (Lipinski definition) is 0. The number of amides is 2. The highest BCUT2D eigenvalue weighted by atomic mass is 32.2. The van der Waals surface area contributed by atoms with Crippen LogP contribution in [-0.4, -0.2) is 35.4 Å². The molecular weight excluding hydrogens is 629 g/mol. The van der Waals surface area contributed by atoms with E-state index in [2.05, 4.69) is 94.5 Å². The third-order valence-electron chi connectivity index (χ3n) is 10.5. The molecule has 2 aromatic rings. The Morgan fingerprint density at radius 1 is 0.729 bits per heavy atom. The van der Waals surface area contributed by atoms with Gasteiger partial charge in [0.1, 0.15) is 0 Å². The molecule has 0 bridgehead atoms. The maximum absolute atomic E-state index is 13.9. The number of allylic oxidation sites excluding steroid dienone is 3. The Bertz CT molecular complexity index is 1620. The molecule has 4 aliphatic rings. The van der Waals surface area contributed by atoms with E-state index >= 15 is 0 Å². The fourth-order valence-corrected chi connectivity index (χ4v) is 10.1. The molecule has 0 saturated carbocycles. The molecule has 0 N–H and O–H groups in total. The smallest absolute Gasteiger partial charge is 0.259 e. The minimum atomic E-state index is 0.142. The van der Waals surface area contributed by atoms with Crippen molar-refractivity contribution in [2.24, 2.45) is 11.8 Å². The molecular formula is C42H52N2O2S2. The van der Waals surface area contributed by atoms with E-state index in [1.165, 1.54) is 48.3 Å². The zero-order valence-electron chi connectivity index (χ0n) is 29.3. The van der Waals surface area contributed by atoms with E-state index in [9.17, 15) is 9.59 Å². The van der Waals surface area contributed by atoms with Crippen LogP contribution in [0.2, 0.25) is 0 Å². The lowest BCUT2D eigenvalue weighted by Crippen LogP contribution is -2.32. The average molecular weight is 681 g/mol. The second-order valence-electron chi connectivity index (χ2n) is 13.8. The van der Waals surface area contributed by atoms with Crippen LogP contribution in [-0.2, 0) is 9.59 Å². The Morgan fingerprint density at radius 3 is 1.88 bits per heavy atom. The summed E-state index contributed by atoms with van der Waals surface area (Å²) in [6.07, 6.45) is 20.3. The van der Waals surface area contributed by atoms with Crippen molar-refractivity contribution in [3.63, 3.8) is 0 Å². The molecule has 0 radical (unpaired) electrons. The summed E-state index contributed by atoms with van der Waals surface area (Å²) in [6, 6.07) is 16.7. The highest BCUT2D eigenvalue weighted by molar-refractivity contribution is 8.08. The minimum Gasteiger partial charge on any atom is -0.307 e. The molecule has 0 aromatic heterocycles. The number of carbonyl (C=O) groups is 2. The van der Waals surface area contributed by atoms with Crippen LogP contribution in [0.25, 0.3) is 11.1 Å². The first-order chi connectivity index (χ1) is 23.4. The van der Waals surface area contributed by atoms with E-state index < -0.39 is 0 Å². The topological polar surface area (TPSA) is 40.6 Å². The van der Waals surface area contributed by atoms with E-state index in [-0.39, 0.29) is 17.1 Å². The van der Waals surface area contributed by atoms with Crippen LogP contribution in [0.3, 0.4) is 0 Å². The number of benzene rings is 2. The number of para-hydroxylation sites is 2. The maximum Gasteiger partial charge on any atom is 0.259 e. The number of anilines is 2. The minimum absolute atomic E-state index is 0.142. The maximum atomic E-state index is 13.9.